The van der Waals surface area contributed by atoms with Gasteiger partial charge in [0, 0.05) is 31.8 Å². The van der Waals surface area contributed by atoms with Crippen molar-refractivity contribution in [3.8, 4) is 0 Å². The maximum absolute atomic E-state index is 12.0. The molecule has 2 aromatic heterocycles. The molecule has 0 saturated carbocycles. The third-order valence-corrected chi connectivity index (χ3v) is 4.24. The highest BCUT2D eigenvalue weighted by molar-refractivity contribution is 5.76. The minimum atomic E-state index is 0.0460. The number of pyridine rings is 1. The minimum Gasteiger partial charge on any atom is -0.368 e. The average Bonchev–Trinajstić information content (AvgIpc) is 2.70. The van der Waals surface area contributed by atoms with Crippen molar-refractivity contribution >= 4 is 23.4 Å². The van der Waals surface area contributed by atoms with Crippen LogP contribution in [0.4, 0.5) is 17.5 Å². The highest BCUT2D eigenvalue weighted by atomic mass is 16.1. The Kier molecular flexibility index (Phi) is 7.10. The second-order valence-electron chi connectivity index (χ2n) is 6.79. The number of benzene rings is 1. The van der Waals surface area contributed by atoms with Gasteiger partial charge in [0.05, 0.1) is 0 Å². The lowest BCUT2D eigenvalue weighted by atomic mass is 10.1. The Morgan fingerprint density at radius 1 is 0.931 bits per heavy atom. The van der Waals surface area contributed by atoms with Crippen LogP contribution >= 0.6 is 0 Å². The Morgan fingerprint density at radius 3 is 2.59 bits per heavy atom. The molecule has 0 unspecified atom stereocenters. The molecule has 0 fully saturated rings. The molecule has 150 valence electrons. The molecule has 3 aromatic rings. The van der Waals surface area contributed by atoms with Crippen LogP contribution in [0.3, 0.4) is 0 Å². The zero-order chi connectivity index (χ0) is 20.5. The lowest BCUT2D eigenvalue weighted by molar-refractivity contribution is -0.120. The molecule has 1 aromatic carbocycles. The van der Waals surface area contributed by atoms with E-state index in [1.807, 2.05) is 37.3 Å². The molecule has 3 rings (SSSR count). The van der Waals surface area contributed by atoms with Gasteiger partial charge in [0.15, 0.2) is 0 Å². The topological polar surface area (TPSA) is 91.8 Å². The summed E-state index contributed by atoms with van der Waals surface area (Å²) in [6.07, 6.45) is 2.94. The lowest BCUT2D eigenvalue weighted by Crippen LogP contribution is -2.29. The summed E-state index contributed by atoms with van der Waals surface area (Å²) >= 11 is 0. The van der Waals surface area contributed by atoms with E-state index in [0.29, 0.717) is 37.0 Å². The van der Waals surface area contributed by atoms with E-state index in [9.17, 15) is 4.79 Å². The Hall–Kier alpha value is -3.48. The first-order valence-electron chi connectivity index (χ1n) is 9.68. The molecule has 0 aliphatic carbocycles. The number of amides is 1. The summed E-state index contributed by atoms with van der Waals surface area (Å²) in [5.74, 6) is 2.78. The van der Waals surface area contributed by atoms with E-state index in [1.54, 1.807) is 6.20 Å². The number of aryl methyl sites for hydroxylation is 3. The third-order valence-electron chi connectivity index (χ3n) is 4.24. The number of hydrogen-bond acceptors (Lipinski definition) is 6. The van der Waals surface area contributed by atoms with E-state index in [1.165, 1.54) is 11.1 Å². The first-order valence-corrected chi connectivity index (χ1v) is 9.68. The van der Waals surface area contributed by atoms with E-state index in [0.717, 1.165) is 12.2 Å². The van der Waals surface area contributed by atoms with Gasteiger partial charge in [0.25, 0.3) is 0 Å². The van der Waals surface area contributed by atoms with Gasteiger partial charge in [-0.2, -0.15) is 0 Å². The van der Waals surface area contributed by atoms with Crippen LogP contribution in [0, 0.1) is 13.8 Å². The molecule has 3 N–H and O–H groups in total. The van der Waals surface area contributed by atoms with Crippen molar-refractivity contribution in [3.63, 3.8) is 0 Å². The van der Waals surface area contributed by atoms with Crippen LogP contribution in [-0.2, 0) is 11.2 Å². The summed E-state index contributed by atoms with van der Waals surface area (Å²) in [4.78, 5) is 25.0. The Bertz CT molecular complexity index is 945. The van der Waals surface area contributed by atoms with Crippen LogP contribution in [-0.4, -0.2) is 33.9 Å². The molecule has 0 aliphatic rings. The van der Waals surface area contributed by atoms with Crippen molar-refractivity contribution in [2.75, 3.05) is 23.7 Å². The van der Waals surface area contributed by atoms with Gasteiger partial charge >= 0.3 is 0 Å². The highest BCUT2D eigenvalue weighted by Crippen LogP contribution is 2.15. The number of hydrogen-bond donors (Lipinski definition) is 3. The maximum Gasteiger partial charge on any atom is 0.220 e. The molecular weight excluding hydrogens is 364 g/mol. The van der Waals surface area contributed by atoms with Crippen molar-refractivity contribution in [2.24, 2.45) is 0 Å². The highest BCUT2D eigenvalue weighted by Gasteiger charge is 2.05. The number of aromatic nitrogens is 3. The Morgan fingerprint density at radius 2 is 1.79 bits per heavy atom. The van der Waals surface area contributed by atoms with Crippen molar-refractivity contribution < 1.29 is 4.79 Å². The molecule has 29 heavy (non-hydrogen) atoms. The fourth-order valence-electron chi connectivity index (χ4n) is 2.90. The first kappa shape index (κ1) is 20.3. The van der Waals surface area contributed by atoms with Crippen molar-refractivity contribution in [2.45, 2.75) is 26.7 Å². The van der Waals surface area contributed by atoms with E-state index >= 15 is 0 Å². The van der Waals surface area contributed by atoms with Gasteiger partial charge in [0.1, 0.15) is 23.3 Å². The molecule has 0 saturated heterocycles. The molecule has 0 bridgehead atoms. The lowest BCUT2D eigenvalue weighted by Gasteiger charge is -2.10. The number of carbonyl (C=O) groups is 1. The number of carbonyl (C=O) groups excluding carboxylic acids is 1. The van der Waals surface area contributed by atoms with Gasteiger partial charge in [-0.1, -0.05) is 35.9 Å². The van der Waals surface area contributed by atoms with Crippen molar-refractivity contribution in [3.05, 3.63) is 71.7 Å². The van der Waals surface area contributed by atoms with Crippen LogP contribution in [0.25, 0.3) is 0 Å². The predicted octanol–water partition coefficient (Wildman–Crippen LogP) is 3.39. The Labute approximate surface area is 171 Å². The second kappa shape index (κ2) is 10.2. The van der Waals surface area contributed by atoms with E-state index in [-0.39, 0.29) is 5.91 Å². The smallest absolute Gasteiger partial charge is 0.220 e. The third kappa shape index (κ3) is 6.88. The molecule has 1 amide bonds. The van der Waals surface area contributed by atoms with Crippen LogP contribution in [0.2, 0.25) is 0 Å². The summed E-state index contributed by atoms with van der Waals surface area (Å²) in [6, 6.07) is 15.7. The van der Waals surface area contributed by atoms with Crippen LogP contribution in [0.5, 0.6) is 0 Å². The monoisotopic (exact) mass is 390 g/mol. The van der Waals surface area contributed by atoms with Crippen LogP contribution < -0.4 is 16.0 Å². The summed E-state index contributed by atoms with van der Waals surface area (Å²) in [5, 5.41) is 9.32. The van der Waals surface area contributed by atoms with Gasteiger partial charge in [-0.3, -0.25) is 4.79 Å². The zero-order valence-electron chi connectivity index (χ0n) is 16.8. The van der Waals surface area contributed by atoms with Crippen molar-refractivity contribution in [1.29, 1.82) is 0 Å². The van der Waals surface area contributed by atoms with E-state index in [4.69, 9.17) is 0 Å². The number of nitrogens with one attached hydrogen (secondary N) is 3. The quantitative estimate of drug-likeness (QED) is 0.485. The van der Waals surface area contributed by atoms with Gasteiger partial charge in [-0.25, -0.2) is 15.0 Å². The number of anilines is 3. The molecular formula is C22H26N6O. The summed E-state index contributed by atoms with van der Waals surface area (Å²) in [6.45, 7) is 5.00. The molecule has 7 heteroatoms. The average molecular weight is 390 g/mol. The van der Waals surface area contributed by atoms with Crippen LogP contribution in [0.1, 0.15) is 23.4 Å². The molecule has 2 heterocycles. The van der Waals surface area contributed by atoms with Crippen LogP contribution in [0.15, 0.2) is 54.7 Å². The van der Waals surface area contributed by atoms with Crippen molar-refractivity contribution in [1.82, 2.24) is 20.3 Å². The SMILES string of the molecule is Cc1cccc(CCC(=O)NCCNc2cc(Nc3ccccn3)nc(C)n2)c1. The number of nitrogens with zero attached hydrogens (tertiary/aromatic N) is 3. The molecule has 0 radical (unpaired) electrons. The Balaban J connectivity index is 1.42. The van der Waals surface area contributed by atoms with E-state index in [2.05, 4.69) is 56.0 Å². The maximum atomic E-state index is 12.0. The summed E-state index contributed by atoms with van der Waals surface area (Å²) < 4.78 is 0. The molecule has 0 atom stereocenters. The molecule has 7 nitrogen and oxygen atoms in total. The van der Waals surface area contributed by atoms with Gasteiger partial charge in [-0.05, 0) is 38.0 Å². The van der Waals surface area contributed by atoms with Gasteiger partial charge < -0.3 is 16.0 Å². The van der Waals surface area contributed by atoms with Gasteiger partial charge in [-0.15, -0.1) is 0 Å². The largest absolute Gasteiger partial charge is 0.368 e. The zero-order valence-corrected chi connectivity index (χ0v) is 16.8. The standard InChI is InChI=1S/C22H26N6O/c1-16-6-5-7-18(14-16)9-10-22(29)25-13-12-24-20-15-21(27-17(2)26-20)28-19-8-3-4-11-23-19/h3-8,11,14-15H,9-10,12-13H2,1-2H3,(H,25,29)(H2,23,24,26,27,28). The second-order valence-corrected chi connectivity index (χ2v) is 6.79. The molecule has 0 aliphatic heterocycles. The first-order chi connectivity index (χ1) is 14.1. The molecule has 0 spiro atoms. The van der Waals surface area contributed by atoms with Gasteiger partial charge in [0.2, 0.25) is 5.91 Å². The summed E-state index contributed by atoms with van der Waals surface area (Å²) in [7, 11) is 0. The number of rotatable bonds is 9. The normalized spacial score (nSPS) is 10.4. The fourth-order valence-corrected chi connectivity index (χ4v) is 2.90. The summed E-state index contributed by atoms with van der Waals surface area (Å²) in [5.41, 5.74) is 2.40. The van der Waals surface area contributed by atoms with E-state index < -0.39 is 0 Å². The predicted molar refractivity (Wildman–Crippen MR) is 115 cm³/mol. The fraction of sp³-hybridized carbons (Fsp3) is 0.273. The minimum absolute atomic E-state index is 0.0460.